The summed E-state index contributed by atoms with van der Waals surface area (Å²) in [6.07, 6.45) is 0. The van der Waals surface area contributed by atoms with Crippen LogP contribution in [0.2, 0.25) is 0 Å². The second-order valence-electron chi connectivity index (χ2n) is 17.4. The number of aromatic nitrogens is 3. The zero-order valence-corrected chi connectivity index (χ0v) is 36.5. The van der Waals surface area contributed by atoms with Crippen LogP contribution in [0.25, 0.3) is 99.9 Å². The first kappa shape index (κ1) is 38.6. The highest BCUT2D eigenvalue weighted by molar-refractivity contribution is 6.28. The van der Waals surface area contributed by atoms with Crippen molar-refractivity contribution in [3.05, 3.63) is 271 Å². The lowest BCUT2D eigenvalue weighted by Crippen LogP contribution is -2.28. The van der Waals surface area contributed by atoms with Crippen LogP contribution < -0.4 is 0 Å². The number of benzene rings is 11. The van der Waals surface area contributed by atoms with Gasteiger partial charge in [-0.25, -0.2) is 15.0 Å². The molecule has 0 saturated heterocycles. The molecule has 11 aromatic carbocycles. The highest BCUT2D eigenvalue weighted by Crippen LogP contribution is 2.57. The van der Waals surface area contributed by atoms with E-state index in [-0.39, 0.29) is 0 Å². The Morgan fingerprint density at radius 2 is 0.672 bits per heavy atom. The molecule has 312 valence electrons. The van der Waals surface area contributed by atoms with Crippen molar-refractivity contribution in [1.29, 1.82) is 0 Å². The fourth-order valence-electron chi connectivity index (χ4n) is 10.8. The Bertz CT molecular complexity index is 3790. The van der Waals surface area contributed by atoms with E-state index in [0.29, 0.717) is 17.5 Å². The zero-order valence-electron chi connectivity index (χ0n) is 36.5. The van der Waals surface area contributed by atoms with Crippen molar-refractivity contribution >= 4 is 32.3 Å². The van der Waals surface area contributed by atoms with E-state index in [1.807, 2.05) is 24.3 Å². The van der Waals surface area contributed by atoms with Crippen LogP contribution in [-0.2, 0) is 5.41 Å². The van der Waals surface area contributed by atoms with Gasteiger partial charge in [-0.1, -0.05) is 237 Å². The lowest BCUT2D eigenvalue weighted by atomic mass is 9.67. The van der Waals surface area contributed by atoms with Gasteiger partial charge in [0.25, 0.3) is 0 Å². The molecule has 0 radical (unpaired) electrons. The molecule has 3 nitrogen and oxygen atoms in total. The maximum Gasteiger partial charge on any atom is 0.164 e. The molecule has 1 aliphatic carbocycles. The van der Waals surface area contributed by atoms with E-state index >= 15 is 0 Å². The average Bonchev–Trinajstić information content (AvgIpc) is 3.72. The van der Waals surface area contributed by atoms with Gasteiger partial charge < -0.3 is 0 Å². The van der Waals surface area contributed by atoms with Crippen LogP contribution in [0.3, 0.4) is 0 Å². The number of nitrogens with zero attached hydrogens (tertiary/aromatic N) is 3. The molecule has 12 aromatic rings. The minimum Gasteiger partial charge on any atom is -0.208 e. The van der Waals surface area contributed by atoms with Crippen LogP contribution in [0.15, 0.2) is 249 Å². The van der Waals surface area contributed by atoms with Gasteiger partial charge in [0.05, 0.1) is 5.41 Å². The van der Waals surface area contributed by atoms with E-state index < -0.39 is 5.41 Å². The highest BCUT2D eigenvalue weighted by Gasteiger charge is 2.46. The third-order valence-corrected chi connectivity index (χ3v) is 13.8. The van der Waals surface area contributed by atoms with E-state index in [1.54, 1.807) is 0 Å². The maximum absolute atomic E-state index is 5.20. The maximum atomic E-state index is 5.20. The predicted octanol–water partition coefficient (Wildman–Crippen LogP) is 16.0. The molecule has 13 rings (SSSR count). The number of rotatable bonds is 7. The Hall–Kier alpha value is -8.79. The van der Waals surface area contributed by atoms with E-state index in [9.17, 15) is 0 Å². The van der Waals surface area contributed by atoms with Gasteiger partial charge in [0.15, 0.2) is 17.5 Å². The van der Waals surface area contributed by atoms with Gasteiger partial charge in [0.1, 0.15) is 0 Å². The minimum atomic E-state index is -0.452. The summed E-state index contributed by atoms with van der Waals surface area (Å²) < 4.78 is 0. The smallest absolute Gasteiger partial charge is 0.164 e. The Morgan fingerprint density at radius 3 is 1.34 bits per heavy atom. The van der Waals surface area contributed by atoms with Crippen molar-refractivity contribution in [1.82, 2.24) is 15.0 Å². The molecule has 0 aliphatic heterocycles. The topological polar surface area (TPSA) is 38.7 Å². The molecular weight excluding hydrogens is 811 g/mol. The van der Waals surface area contributed by atoms with Gasteiger partial charge in [-0.3, -0.25) is 0 Å². The van der Waals surface area contributed by atoms with Crippen molar-refractivity contribution in [2.75, 3.05) is 0 Å². The SMILES string of the molecule is c1ccc(-c2ccc(-c3nc(-c4ccccc4)nc(-c4ccc5c(c4)c4ccccc4c4cccc(-c6ccc7c(c6)-c6ccccc6C7(c6ccccc6)c6ccccc6)c45)n3)cc2)cc1. The van der Waals surface area contributed by atoms with Crippen LogP contribution >= 0.6 is 0 Å². The van der Waals surface area contributed by atoms with Crippen LogP contribution in [-0.4, -0.2) is 15.0 Å². The quantitative estimate of drug-likeness (QED) is 0.150. The Balaban J connectivity index is 0.999. The zero-order chi connectivity index (χ0) is 44.3. The van der Waals surface area contributed by atoms with Gasteiger partial charge in [-0.2, -0.15) is 0 Å². The van der Waals surface area contributed by atoms with Crippen LogP contribution in [0, 0.1) is 0 Å². The fourth-order valence-corrected chi connectivity index (χ4v) is 10.8. The second-order valence-corrected chi connectivity index (χ2v) is 17.4. The standard InChI is InChI=1S/C64H41N3/c1-5-18-42(19-6-1)43-32-34-45(35-33-43)62-65-61(44-20-7-2-8-21-44)66-63(67-62)47-36-38-55-56(41-47)52-27-14-13-26-51(52)54-30-17-29-50(60(54)55)46-37-39-59-57(40-46)53-28-15-16-31-58(53)64(59,48-22-9-3-10-23-48)49-24-11-4-12-25-49/h1-41H. The Labute approximate surface area is 389 Å². The monoisotopic (exact) mass is 851 g/mol. The summed E-state index contributed by atoms with van der Waals surface area (Å²) >= 11 is 0. The van der Waals surface area contributed by atoms with E-state index in [2.05, 4.69) is 224 Å². The number of hydrogen-bond donors (Lipinski definition) is 0. The number of hydrogen-bond acceptors (Lipinski definition) is 3. The van der Waals surface area contributed by atoms with Gasteiger partial charge in [-0.05, 0) is 100 Å². The summed E-state index contributed by atoms with van der Waals surface area (Å²) in [5.74, 6) is 1.91. The molecule has 1 heterocycles. The molecule has 3 heteroatoms. The summed E-state index contributed by atoms with van der Waals surface area (Å²) in [5.41, 5.74) is 14.7. The van der Waals surface area contributed by atoms with Crippen molar-refractivity contribution in [3.63, 3.8) is 0 Å². The molecule has 0 unspecified atom stereocenters. The molecule has 0 saturated carbocycles. The van der Waals surface area contributed by atoms with Crippen LogP contribution in [0.1, 0.15) is 22.3 Å². The van der Waals surface area contributed by atoms with E-state index in [0.717, 1.165) is 27.6 Å². The lowest BCUT2D eigenvalue weighted by Gasteiger charge is -2.33. The fraction of sp³-hybridized carbons (Fsp3) is 0.0156. The van der Waals surface area contributed by atoms with Gasteiger partial charge in [0.2, 0.25) is 0 Å². The third-order valence-electron chi connectivity index (χ3n) is 13.8. The van der Waals surface area contributed by atoms with E-state index in [4.69, 9.17) is 15.0 Å². The Kier molecular flexibility index (Phi) is 9.07. The van der Waals surface area contributed by atoms with Gasteiger partial charge >= 0.3 is 0 Å². The molecule has 0 amide bonds. The molecule has 0 spiro atoms. The molecule has 0 atom stereocenters. The normalized spacial score (nSPS) is 12.6. The first-order valence-corrected chi connectivity index (χ1v) is 22.9. The summed E-state index contributed by atoms with van der Waals surface area (Å²) in [6.45, 7) is 0. The second kappa shape index (κ2) is 15.7. The van der Waals surface area contributed by atoms with Gasteiger partial charge in [0, 0.05) is 16.7 Å². The largest absolute Gasteiger partial charge is 0.208 e. The van der Waals surface area contributed by atoms with E-state index in [1.165, 1.54) is 77.0 Å². The number of fused-ring (bicyclic) bond motifs is 9. The molecule has 1 aliphatic rings. The molecule has 0 fully saturated rings. The average molecular weight is 852 g/mol. The molecule has 1 aromatic heterocycles. The first-order valence-electron chi connectivity index (χ1n) is 22.9. The minimum absolute atomic E-state index is 0.452. The molecular formula is C64H41N3. The molecule has 67 heavy (non-hydrogen) atoms. The molecule has 0 N–H and O–H groups in total. The van der Waals surface area contributed by atoms with Crippen LogP contribution in [0.5, 0.6) is 0 Å². The summed E-state index contributed by atoms with van der Waals surface area (Å²) in [4.78, 5) is 15.4. The highest BCUT2D eigenvalue weighted by atomic mass is 15.0. The summed E-state index contributed by atoms with van der Waals surface area (Å²) in [6, 6.07) is 89.7. The van der Waals surface area contributed by atoms with Crippen molar-refractivity contribution in [2.45, 2.75) is 5.41 Å². The predicted molar refractivity (Wildman–Crippen MR) is 277 cm³/mol. The van der Waals surface area contributed by atoms with Crippen molar-refractivity contribution < 1.29 is 0 Å². The first-order chi connectivity index (χ1) is 33.2. The van der Waals surface area contributed by atoms with Crippen molar-refractivity contribution in [2.24, 2.45) is 0 Å². The van der Waals surface area contributed by atoms with Crippen molar-refractivity contribution in [3.8, 4) is 67.5 Å². The van der Waals surface area contributed by atoms with Crippen LogP contribution in [0.4, 0.5) is 0 Å². The summed E-state index contributed by atoms with van der Waals surface area (Å²) in [5, 5.41) is 7.20. The Morgan fingerprint density at radius 1 is 0.239 bits per heavy atom. The van der Waals surface area contributed by atoms with Gasteiger partial charge in [-0.15, -0.1) is 0 Å². The lowest BCUT2D eigenvalue weighted by molar-refractivity contribution is 0.768. The molecule has 0 bridgehead atoms. The third kappa shape index (κ3) is 6.24. The summed E-state index contributed by atoms with van der Waals surface area (Å²) in [7, 11) is 0.